The fourth-order valence-electron chi connectivity index (χ4n) is 1.91. The van der Waals surface area contributed by atoms with E-state index in [9.17, 15) is 4.79 Å². The van der Waals surface area contributed by atoms with E-state index in [0.29, 0.717) is 35.2 Å². The topological polar surface area (TPSA) is 35.5 Å². The van der Waals surface area contributed by atoms with Gasteiger partial charge in [0, 0.05) is 5.56 Å². The van der Waals surface area contributed by atoms with Crippen LogP contribution in [0.2, 0.25) is 0 Å². The highest BCUT2D eigenvalue weighted by atomic mass is 79.9. The molecule has 0 saturated heterocycles. The molecule has 0 amide bonds. The van der Waals surface area contributed by atoms with E-state index in [4.69, 9.17) is 9.47 Å². The first-order valence-electron chi connectivity index (χ1n) is 6.77. The molecule has 1 aromatic heterocycles. The van der Waals surface area contributed by atoms with E-state index in [1.165, 1.54) is 11.3 Å². The minimum absolute atomic E-state index is 0.00204. The van der Waals surface area contributed by atoms with Crippen molar-refractivity contribution in [2.45, 2.75) is 20.8 Å². The summed E-state index contributed by atoms with van der Waals surface area (Å²) in [5.41, 5.74) is 1.68. The summed E-state index contributed by atoms with van der Waals surface area (Å²) in [7, 11) is 0. The van der Waals surface area contributed by atoms with Gasteiger partial charge in [0.05, 0.1) is 21.9 Å². The zero-order chi connectivity index (χ0) is 15.4. The van der Waals surface area contributed by atoms with Crippen LogP contribution in [-0.4, -0.2) is 19.0 Å². The van der Waals surface area contributed by atoms with Crippen molar-refractivity contribution in [3.63, 3.8) is 0 Å². The van der Waals surface area contributed by atoms with Gasteiger partial charge in [0.15, 0.2) is 11.5 Å². The highest BCUT2D eigenvalue weighted by Crippen LogP contribution is 2.32. The maximum Gasteiger partial charge on any atom is 0.203 e. The highest BCUT2D eigenvalue weighted by Gasteiger charge is 2.16. The van der Waals surface area contributed by atoms with Gasteiger partial charge < -0.3 is 9.47 Å². The molecule has 0 fully saturated rings. The molecule has 0 aliphatic rings. The van der Waals surface area contributed by atoms with Crippen LogP contribution in [-0.2, 0) is 0 Å². The summed E-state index contributed by atoms with van der Waals surface area (Å²) in [6.07, 6.45) is 0. The van der Waals surface area contributed by atoms with Crippen molar-refractivity contribution in [1.29, 1.82) is 0 Å². The zero-order valence-corrected chi connectivity index (χ0v) is 14.6. The summed E-state index contributed by atoms with van der Waals surface area (Å²) in [5.74, 6) is 1.27. The number of benzene rings is 1. The number of hydrogen-bond donors (Lipinski definition) is 0. The molecule has 2 aromatic rings. The molecule has 0 atom stereocenters. The van der Waals surface area contributed by atoms with Gasteiger partial charge in [0.25, 0.3) is 0 Å². The molecule has 0 spiro atoms. The van der Waals surface area contributed by atoms with Crippen LogP contribution in [0.5, 0.6) is 11.5 Å². The van der Waals surface area contributed by atoms with Crippen molar-refractivity contribution in [2.75, 3.05) is 13.2 Å². The van der Waals surface area contributed by atoms with Gasteiger partial charge in [0.2, 0.25) is 5.78 Å². The van der Waals surface area contributed by atoms with Gasteiger partial charge >= 0.3 is 0 Å². The Balaban J connectivity index is 2.35. The third kappa shape index (κ3) is 3.66. The minimum Gasteiger partial charge on any atom is -0.490 e. The van der Waals surface area contributed by atoms with Gasteiger partial charge in [-0.25, -0.2) is 0 Å². The van der Waals surface area contributed by atoms with Gasteiger partial charge in [-0.3, -0.25) is 4.79 Å². The van der Waals surface area contributed by atoms with Crippen LogP contribution in [0.15, 0.2) is 28.1 Å². The Bertz CT molecular complexity index is 629. The third-order valence-electron chi connectivity index (χ3n) is 2.89. The quantitative estimate of drug-likeness (QED) is 0.683. The van der Waals surface area contributed by atoms with Crippen molar-refractivity contribution in [3.05, 3.63) is 44.1 Å². The molecular formula is C16H17BrO3S. The average Bonchev–Trinajstić information content (AvgIpc) is 2.80. The van der Waals surface area contributed by atoms with Crippen molar-refractivity contribution in [1.82, 2.24) is 0 Å². The average molecular weight is 369 g/mol. The molecule has 3 nitrogen and oxygen atoms in total. The second-order valence-corrected chi connectivity index (χ2v) is 6.79. The van der Waals surface area contributed by atoms with Crippen LogP contribution in [0.1, 0.15) is 34.6 Å². The van der Waals surface area contributed by atoms with E-state index >= 15 is 0 Å². The lowest BCUT2D eigenvalue weighted by Gasteiger charge is -2.11. The summed E-state index contributed by atoms with van der Waals surface area (Å²) >= 11 is 4.90. The monoisotopic (exact) mass is 368 g/mol. The first-order valence-corrected chi connectivity index (χ1v) is 8.38. The fourth-order valence-corrected chi connectivity index (χ4v) is 3.40. The summed E-state index contributed by atoms with van der Waals surface area (Å²) < 4.78 is 12.1. The minimum atomic E-state index is -0.00204. The van der Waals surface area contributed by atoms with E-state index in [-0.39, 0.29) is 5.78 Å². The van der Waals surface area contributed by atoms with Crippen LogP contribution < -0.4 is 9.47 Å². The first-order chi connectivity index (χ1) is 10.1. The van der Waals surface area contributed by atoms with Crippen LogP contribution in [0.3, 0.4) is 0 Å². The Morgan fingerprint density at radius 2 is 1.81 bits per heavy atom. The largest absolute Gasteiger partial charge is 0.490 e. The predicted octanol–water partition coefficient (Wildman–Crippen LogP) is 4.85. The lowest BCUT2D eigenvalue weighted by molar-refractivity contribution is 0.104. The van der Waals surface area contributed by atoms with Crippen molar-refractivity contribution < 1.29 is 14.3 Å². The van der Waals surface area contributed by atoms with Crippen LogP contribution in [0.4, 0.5) is 0 Å². The lowest BCUT2D eigenvalue weighted by Crippen LogP contribution is -2.03. The highest BCUT2D eigenvalue weighted by molar-refractivity contribution is 9.11. The maximum absolute atomic E-state index is 12.5. The van der Waals surface area contributed by atoms with Crippen LogP contribution >= 0.6 is 27.3 Å². The Hall–Kier alpha value is -1.33. The number of carbonyl (C=O) groups excluding carboxylic acids is 1. The van der Waals surface area contributed by atoms with E-state index in [0.717, 1.165) is 9.35 Å². The molecule has 0 aliphatic carbocycles. The molecule has 1 aromatic carbocycles. The summed E-state index contributed by atoms with van der Waals surface area (Å²) in [5, 5.41) is 0. The molecule has 5 heteroatoms. The standard InChI is InChI=1S/C16H17BrO3S/c1-4-19-12-7-6-11(9-13(12)20-5-2)15(18)14-8-10(3)16(17)21-14/h6-9H,4-5H2,1-3H3. The van der Waals surface area contributed by atoms with Crippen LogP contribution in [0, 0.1) is 6.92 Å². The Kier molecular flexibility index (Phi) is 5.42. The van der Waals surface area contributed by atoms with E-state index in [2.05, 4.69) is 15.9 Å². The maximum atomic E-state index is 12.5. The number of thiophene rings is 1. The van der Waals surface area contributed by atoms with Crippen LogP contribution in [0.25, 0.3) is 0 Å². The Morgan fingerprint density at radius 1 is 1.14 bits per heavy atom. The molecule has 2 rings (SSSR count). The summed E-state index contributed by atoms with van der Waals surface area (Å²) in [6, 6.07) is 7.21. The molecule has 0 radical (unpaired) electrons. The number of carbonyl (C=O) groups is 1. The number of rotatable bonds is 6. The summed E-state index contributed by atoms with van der Waals surface area (Å²) in [4.78, 5) is 13.2. The van der Waals surface area contributed by atoms with Gasteiger partial charge in [0.1, 0.15) is 0 Å². The number of hydrogen-bond acceptors (Lipinski definition) is 4. The SMILES string of the molecule is CCOc1ccc(C(=O)c2cc(C)c(Br)s2)cc1OCC. The molecule has 21 heavy (non-hydrogen) atoms. The number of ketones is 1. The van der Waals surface area contributed by atoms with Gasteiger partial charge in [-0.15, -0.1) is 11.3 Å². The smallest absolute Gasteiger partial charge is 0.203 e. The summed E-state index contributed by atoms with van der Waals surface area (Å²) in [6.45, 7) is 6.89. The van der Waals surface area contributed by atoms with Gasteiger partial charge in [-0.2, -0.15) is 0 Å². The second-order valence-electron chi connectivity index (χ2n) is 4.42. The predicted molar refractivity (Wildman–Crippen MR) is 89.0 cm³/mol. The molecular weight excluding hydrogens is 352 g/mol. The van der Waals surface area contributed by atoms with Gasteiger partial charge in [-0.1, -0.05) is 0 Å². The van der Waals surface area contributed by atoms with E-state index < -0.39 is 0 Å². The molecule has 0 aliphatic heterocycles. The van der Waals surface area contributed by atoms with E-state index in [1.54, 1.807) is 18.2 Å². The lowest BCUT2D eigenvalue weighted by atomic mass is 10.1. The van der Waals surface area contributed by atoms with Crippen molar-refractivity contribution in [3.8, 4) is 11.5 Å². The second kappa shape index (κ2) is 7.09. The molecule has 0 bridgehead atoms. The Morgan fingerprint density at radius 3 is 2.38 bits per heavy atom. The van der Waals surface area contributed by atoms with Gasteiger partial charge in [-0.05, 0) is 66.5 Å². The molecule has 0 saturated carbocycles. The zero-order valence-electron chi connectivity index (χ0n) is 12.2. The normalized spacial score (nSPS) is 10.5. The van der Waals surface area contributed by atoms with E-state index in [1.807, 2.05) is 26.8 Å². The molecule has 0 N–H and O–H groups in total. The molecule has 0 unspecified atom stereocenters. The number of aryl methyl sites for hydroxylation is 1. The first kappa shape index (κ1) is 16.0. The Labute approximate surface area is 137 Å². The number of ether oxygens (including phenoxy) is 2. The fraction of sp³-hybridized carbons (Fsp3) is 0.312. The van der Waals surface area contributed by atoms with Crippen molar-refractivity contribution >= 4 is 33.0 Å². The molecule has 1 heterocycles. The number of halogens is 1. The van der Waals surface area contributed by atoms with Crippen molar-refractivity contribution in [2.24, 2.45) is 0 Å². The molecule has 112 valence electrons. The third-order valence-corrected chi connectivity index (χ3v) is 5.02.